The maximum Gasteiger partial charge on any atom is 0.419 e. The Kier molecular flexibility index (Phi) is 5.20. The van der Waals surface area contributed by atoms with E-state index in [0.29, 0.717) is 5.56 Å². The molecule has 0 nitrogen and oxygen atoms in total. The van der Waals surface area contributed by atoms with E-state index in [1.54, 1.807) is 0 Å². The van der Waals surface area contributed by atoms with Gasteiger partial charge in [-0.25, -0.2) is 4.39 Å². The zero-order valence-electron chi connectivity index (χ0n) is 16.2. The van der Waals surface area contributed by atoms with Crippen LogP contribution in [0.25, 0.3) is 22.3 Å². The van der Waals surface area contributed by atoms with Crippen LogP contribution in [0.1, 0.15) is 42.0 Å². The highest BCUT2D eigenvalue weighted by Crippen LogP contribution is 2.38. The molecule has 1 aliphatic rings. The SMILES string of the molecule is CCCCc1ccc2c(c1)CCc1cc(-c3ccc(C(F)(F)F)c(F)c3)ccc1-2. The lowest BCUT2D eigenvalue weighted by atomic mass is 9.83. The van der Waals surface area contributed by atoms with Crippen molar-refractivity contribution in [3.63, 3.8) is 0 Å². The van der Waals surface area contributed by atoms with Gasteiger partial charge < -0.3 is 0 Å². The second-order valence-electron chi connectivity index (χ2n) is 7.66. The summed E-state index contributed by atoms with van der Waals surface area (Å²) in [6.07, 6.45) is 0.576. The van der Waals surface area contributed by atoms with E-state index in [1.807, 2.05) is 18.2 Å². The van der Waals surface area contributed by atoms with E-state index < -0.39 is 17.6 Å². The molecule has 29 heavy (non-hydrogen) atoms. The van der Waals surface area contributed by atoms with E-state index in [9.17, 15) is 17.6 Å². The average Bonchev–Trinajstić information content (AvgIpc) is 2.70. The van der Waals surface area contributed by atoms with Crippen molar-refractivity contribution in [2.75, 3.05) is 0 Å². The molecule has 0 saturated carbocycles. The second kappa shape index (κ2) is 7.66. The van der Waals surface area contributed by atoms with Crippen LogP contribution in [0.15, 0.2) is 54.6 Å². The summed E-state index contributed by atoms with van der Waals surface area (Å²) in [5.74, 6) is -1.24. The van der Waals surface area contributed by atoms with E-state index in [-0.39, 0.29) is 0 Å². The Balaban J connectivity index is 1.66. The van der Waals surface area contributed by atoms with Gasteiger partial charge in [0.05, 0.1) is 5.56 Å². The van der Waals surface area contributed by atoms with E-state index in [0.717, 1.165) is 48.1 Å². The Morgan fingerprint density at radius 3 is 2.07 bits per heavy atom. The van der Waals surface area contributed by atoms with Crippen molar-refractivity contribution in [2.24, 2.45) is 0 Å². The molecule has 0 aromatic heterocycles. The van der Waals surface area contributed by atoms with Crippen LogP contribution in [0.2, 0.25) is 0 Å². The predicted molar refractivity (Wildman–Crippen MR) is 108 cm³/mol. The van der Waals surface area contributed by atoms with Crippen molar-refractivity contribution < 1.29 is 17.6 Å². The van der Waals surface area contributed by atoms with Crippen LogP contribution in [0, 0.1) is 5.82 Å². The number of halogens is 4. The highest BCUT2D eigenvalue weighted by Gasteiger charge is 2.34. The van der Waals surface area contributed by atoms with E-state index in [4.69, 9.17) is 0 Å². The van der Waals surface area contributed by atoms with Gasteiger partial charge >= 0.3 is 6.18 Å². The summed E-state index contributed by atoms with van der Waals surface area (Å²) < 4.78 is 52.4. The molecule has 1 aliphatic carbocycles. The van der Waals surface area contributed by atoms with Gasteiger partial charge in [0.1, 0.15) is 5.82 Å². The third kappa shape index (κ3) is 3.93. The predicted octanol–water partition coefficient (Wildman–Crippen LogP) is 7.62. The summed E-state index contributed by atoms with van der Waals surface area (Å²) in [6.45, 7) is 2.19. The lowest BCUT2D eigenvalue weighted by Gasteiger charge is -2.22. The van der Waals surface area contributed by atoms with E-state index in [1.165, 1.54) is 35.6 Å². The molecule has 0 amide bonds. The number of hydrogen-bond acceptors (Lipinski definition) is 0. The van der Waals surface area contributed by atoms with Crippen LogP contribution >= 0.6 is 0 Å². The van der Waals surface area contributed by atoms with Gasteiger partial charge in [-0.15, -0.1) is 0 Å². The average molecular weight is 398 g/mol. The van der Waals surface area contributed by atoms with Crippen LogP contribution in [0.5, 0.6) is 0 Å². The van der Waals surface area contributed by atoms with Crippen LogP contribution in [-0.4, -0.2) is 0 Å². The van der Waals surface area contributed by atoms with Crippen LogP contribution in [-0.2, 0) is 25.4 Å². The molecule has 150 valence electrons. The second-order valence-corrected chi connectivity index (χ2v) is 7.66. The molecule has 3 aromatic carbocycles. The van der Waals surface area contributed by atoms with Crippen molar-refractivity contribution in [3.05, 3.63) is 82.7 Å². The maximum absolute atomic E-state index is 14.0. The van der Waals surface area contributed by atoms with Crippen LogP contribution in [0.3, 0.4) is 0 Å². The molecule has 3 aromatic rings. The molecule has 0 atom stereocenters. The van der Waals surface area contributed by atoms with Crippen molar-refractivity contribution in [1.82, 2.24) is 0 Å². The number of aryl methyl sites for hydroxylation is 3. The van der Waals surface area contributed by atoms with E-state index >= 15 is 0 Å². The quantitative estimate of drug-likeness (QED) is 0.397. The standard InChI is InChI=1S/C25H22F4/c1-2-3-4-16-5-10-21-19(13-16)6-7-20-14-17(8-11-22(20)21)18-9-12-23(24(26)15-18)25(27,28)29/h5,8-15H,2-4,6-7H2,1H3. The van der Waals surface area contributed by atoms with Crippen LogP contribution in [0.4, 0.5) is 17.6 Å². The molecule has 0 unspecified atom stereocenters. The fourth-order valence-corrected chi connectivity index (χ4v) is 4.09. The number of hydrogen-bond donors (Lipinski definition) is 0. The molecule has 0 saturated heterocycles. The number of benzene rings is 3. The zero-order valence-corrected chi connectivity index (χ0v) is 16.2. The third-order valence-corrected chi connectivity index (χ3v) is 5.66. The first-order valence-electron chi connectivity index (χ1n) is 9.99. The summed E-state index contributed by atoms with van der Waals surface area (Å²) >= 11 is 0. The van der Waals surface area contributed by atoms with Gasteiger partial charge in [0.25, 0.3) is 0 Å². The molecule has 0 fully saturated rings. The lowest BCUT2D eigenvalue weighted by Crippen LogP contribution is -2.08. The molecule has 0 radical (unpaired) electrons. The Labute approximate surface area is 168 Å². The van der Waals surface area contributed by atoms with Crippen LogP contribution < -0.4 is 0 Å². The van der Waals surface area contributed by atoms with Gasteiger partial charge in [-0.2, -0.15) is 13.2 Å². The van der Waals surface area contributed by atoms with Gasteiger partial charge in [-0.3, -0.25) is 0 Å². The first-order chi connectivity index (χ1) is 13.9. The lowest BCUT2D eigenvalue weighted by molar-refractivity contribution is -0.139. The molecule has 4 rings (SSSR count). The monoisotopic (exact) mass is 398 g/mol. The van der Waals surface area contributed by atoms with Gasteiger partial charge in [0.15, 0.2) is 0 Å². The van der Waals surface area contributed by atoms with Gasteiger partial charge in [-0.05, 0) is 76.8 Å². The van der Waals surface area contributed by atoms with Gasteiger partial charge in [0, 0.05) is 0 Å². The fourth-order valence-electron chi connectivity index (χ4n) is 4.09. The van der Waals surface area contributed by atoms with Crippen molar-refractivity contribution in [3.8, 4) is 22.3 Å². The minimum Gasteiger partial charge on any atom is -0.206 e. The Morgan fingerprint density at radius 2 is 1.41 bits per heavy atom. The summed E-state index contributed by atoms with van der Waals surface area (Å²) in [4.78, 5) is 0. The largest absolute Gasteiger partial charge is 0.419 e. The third-order valence-electron chi connectivity index (χ3n) is 5.66. The zero-order chi connectivity index (χ0) is 20.6. The van der Waals surface area contributed by atoms with Gasteiger partial charge in [0.2, 0.25) is 0 Å². The number of fused-ring (bicyclic) bond motifs is 3. The smallest absolute Gasteiger partial charge is 0.206 e. The maximum atomic E-state index is 14.0. The molecule has 4 heteroatoms. The molecule has 0 heterocycles. The summed E-state index contributed by atoms with van der Waals surface area (Å²) in [7, 11) is 0. The van der Waals surface area contributed by atoms with Crippen molar-refractivity contribution >= 4 is 0 Å². The first-order valence-corrected chi connectivity index (χ1v) is 9.99. The topological polar surface area (TPSA) is 0 Å². The minimum absolute atomic E-state index is 0.457. The molecule has 0 bridgehead atoms. The number of unbranched alkanes of at least 4 members (excludes halogenated alkanes) is 1. The fraction of sp³-hybridized carbons (Fsp3) is 0.280. The summed E-state index contributed by atoms with van der Waals surface area (Å²) in [5, 5.41) is 0. The van der Waals surface area contributed by atoms with Crippen molar-refractivity contribution in [1.29, 1.82) is 0 Å². The van der Waals surface area contributed by atoms with Crippen molar-refractivity contribution in [2.45, 2.75) is 45.2 Å². The Bertz CT molecular complexity index is 1050. The molecular formula is C25H22F4. The number of rotatable bonds is 4. The highest BCUT2D eigenvalue weighted by molar-refractivity contribution is 5.77. The normalized spacial score (nSPS) is 13.1. The summed E-state index contributed by atoms with van der Waals surface area (Å²) in [5.41, 5.74) is 6.20. The Hall–Kier alpha value is -2.62. The minimum atomic E-state index is -4.68. The summed E-state index contributed by atoms with van der Waals surface area (Å²) in [6, 6.07) is 15.6. The highest BCUT2D eigenvalue weighted by atomic mass is 19.4. The van der Waals surface area contributed by atoms with E-state index in [2.05, 4.69) is 25.1 Å². The molecule has 0 aliphatic heterocycles. The number of alkyl halides is 3. The molecular weight excluding hydrogens is 376 g/mol. The van der Waals surface area contributed by atoms with Gasteiger partial charge in [-0.1, -0.05) is 55.8 Å². The Morgan fingerprint density at radius 1 is 0.793 bits per heavy atom. The molecule has 0 spiro atoms. The molecule has 0 N–H and O–H groups in total. The first kappa shape index (κ1) is 19.7.